The molecule has 3 heterocycles. The van der Waals surface area contributed by atoms with Crippen LogP contribution in [0, 0.1) is 5.41 Å². The topological polar surface area (TPSA) is 118 Å². The van der Waals surface area contributed by atoms with Gasteiger partial charge in [-0.1, -0.05) is 39.0 Å². The van der Waals surface area contributed by atoms with Crippen molar-refractivity contribution in [1.82, 2.24) is 14.0 Å². The third-order valence-corrected chi connectivity index (χ3v) is 11.6. The number of fused-ring (bicyclic) bond motifs is 1. The van der Waals surface area contributed by atoms with Crippen LogP contribution < -0.4 is 10.0 Å². The predicted octanol–water partition coefficient (Wildman–Crippen LogP) is 3.69. The number of nitrogens with one attached hydrogen (secondary N) is 2. The molecule has 1 aliphatic heterocycles. The van der Waals surface area contributed by atoms with E-state index in [4.69, 9.17) is 4.74 Å². The lowest BCUT2D eigenvalue weighted by molar-refractivity contribution is 0.161. The van der Waals surface area contributed by atoms with Crippen LogP contribution in [0.5, 0.6) is 0 Å². The number of hydrogen-bond acceptors (Lipinski definition) is 8. The van der Waals surface area contributed by atoms with Crippen LogP contribution in [0.15, 0.2) is 51.6 Å². The van der Waals surface area contributed by atoms with Crippen molar-refractivity contribution in [3.8, 4) is 0 Å². The van der Waals surface area contributed by atoms with Crippen molar-refractivity contribution < 1.29 is 21.6 Å². The highest BCUT2D eigenvalue weighted by Crippen LogP contribution is 2.30. The van der Waals surface area contributed by atoms with Crippen LogP contribution >= 0.6 is 11.3 Å². The van der Waals surface area contributed by atoms with Crippen molar-refractivity contribution in [3.63, 3.8) is 0 Å². The Balaban J connectivity index is 1.52. The fraction of sp³-hybridized carbons (Fsp3) is 0.480. The monoisotopic (exact) mass is 566 g/mol. The fourth-order valence-electron chi connectivity index (χ4n) is 4.25. The molecule has 0 spiro atoms. The maximum atomic E-state index is 13.4. The molecule has 0 saturated carbocycles. The number of sulfonamides is 2. The van der Waals surface area contributed by atoms with Gasteiger partial charge in [0.05, 0.1) is 12.1 Å². The maximum Gasteiger partial charge on any atom is 0.252 e. The van der Waals surface area contributed by atoms with E-state index < -0.39 is 20.0 Å². The van der Waals surface area contributed by atoms with Crippen molar-refractivity contribution >= 4 is 48.1 Å². The highest BCUT2D eigenvalue weighted by Gasteiger charge is 2.32. The molecule has 4 rings (SSSR count). The second-order valence-corrected chi connectivity index (χ2v) is 14.5. The number of nitrogens with zero attached hydrogens (tertiary/aromatic N) is 2. The molecule has 1 aromatic carbocycles. The van der Waals surface area contributed by atoms with Crippen LogP contribution in [0.3, 0.4) is 0 Å². The molecule has 1 fully saturated rings. The zero-order valence-corrected chi connectivity index (χ0v) is 23.8. The number of pyridine rings is 1. The number of rotatable bonds is 12. The normalized spacial score (nSPS) is 18.6. The molecule has 1 aliphatic rings. The number of para-hydroxylation sites is 1. The van der Waals surface area contributed by atoms with E-state index in [1.54, 1.807) is 18.2 Å². The van der Waals surface area contributed by atoms with Gasteiger partial charge in [-0.3, -0.25) is 0 Å². The number of aromatic nitrogens is 1. The van der Waals surface area contributed by atoms with Gasteiger partial charge in [0.2, 0.25) is 10.0 Å². The van der Waals surface area contributed by atoms with Crippen molar-refractivity contribution in [2.75, 3.05) is 44.7 Å². The van der Waals surface area contributed by atoms with E-state index in [2.05, 4.69) is 15.0 Å². The summed E-state index contributed by atoms with van der Waals surface area (Å²) >= 11 is 1.24. The number of ether oxygens (including phenoxy) is 1. The molecule has 9 nitrogen and oxygen atoms in total. The largest absolute Gasteiger partial charge is 0.381 e. The van der Waals surface area contributed by atoms with Crippen LogP contribution in [0.2, 0.25) is 0 Å². The zero-order valence-electron chi connectivity index (χ0n) is 21.4. The molecule has 0 amide bonds. The average molecular weight is 567 g/mol. The quantitative estimate of drug-likeness (QED) is 0.343. The van der Waals surface area contributed by atoms with Gasteiger partial charge in [0.15, 0.2) is 0 Å². The van der Waals surface area contributed by atoms with E-state index in [1.807, 2.05) is 45.0 Å². The fourth-order valence-corrected chi connectivity index (χ4v) is 8.57. The molecule has 2 N–H and O–H groups in total. The van der Waals surface area contributed by atoms with E-state index in [-0.39, 0.29) is 22.7 Å². The maximum absolute atomic E-state index is 13.4. The molecule has 0 radical (unpaired) electrons. The first-order valence-electron chi connectivity index (χ1n) is 12.4. The second-order valence-electron chi connectivity index (χ2n) is 9.45. The lowest BCUT2D eigenvalue weighted by atomic mass is 9.91. The standard InChI is InChI=1S/C25H34N4O5S3/c1-4-29(5-2)37(32,33)23-11-10-20(35-23)12-14-26-24-22(16-19-8-6-7-9-21(19)28-24)36(30,31)27-17-25(3)13-15-34-18-25/h6-11,16,27H,4-5,12-15,17-18H2,1-3H3,(H,26,28). The van der Waals surface area contributed by atoms with Crippen molar-refractivity contribution in [2.45, 2.75) is 42.7 Å². The van der Waals surface area contributed by atoms with Crippen LogP contribution in [0.4, 0.5) is 5.82 Å². The molecule has 1 atom stereocenters. The minimum atomic E-state index is -3.85. The first-order valence-corrected chi connectivity index (χ1v) is 16.1. The van der Waals surface area contributed by atoms with E-state index in [0.717, 1.165) is 16.7 Å². The molecule has 1 saturated heterocycles. The predicted molar refractivity (Wildman–Crippen MR) is 147 cm³/mol. The minimum absolute atomic E-state index is 0.0877. The van der Waals surface area contributed by atoms with Gasteiger partial charge in [-0.25, -0.2) is 26.5 Å². The molecule has 2 aromatic heterocycles. The highest BCUT2D eigenvalue weighted by molar-refractivity contribution is 7.91. The van der Waals surface area contributed by atoms with E-state index in [9.17, 15) is 16.8 Å². The molecule has 37 heavy (non-hydrogen) atoms. The first kappa shape index (κ1) is 27.9. The Morgan fingerprint density at radius 1 is 1.11 bits per heavy atom. The molecule has 0 aliphatic carbocycles. The Morgan fingerprint density at radius 2 is 1.86 bits per heavy atom. The molecule has 1 unspecified atom stereocenters. The first-order chi connectivity index (χ1) is 17.6. The van der Waals surface area contributed by atoms with Crippen molar-refractivity contribution in [3.05, 3.63) is 47.3 Å². The van der Waals surface area contributed by atoms with Crippen LogP contribution in [0.1, 0.15) is 32.1 Å². The van der Waals surface area contributed by atoms with Gasteiger partial charge >= 0.3 is 0 Å². The molecular formula is C25H34N4O5S3. The van der Waals surface area contributed by atoms with Gasteiger partial charge in [-0.15, -0.1) is 11.3 Å². The van der Waals surface area contributed by atoms with Crippen LogP contribution in [-0.2, 0) is 31.2 Å². The second kappa shape index (κ2) is 11.3. The van der Waals surface area contributed by atoms with Crippen molar-refractivity contribution in [2.24, 2.45) is 5.41 Å². The summed E-state index contributed by atoms with van der Waals surface area (Å²) in [5.41, 5.74) is 0.441. The van der Waals surface area contributed by atoms with E-state index >= 15 is 0 Å². The lowest BCUT2D eigenvalue weighted by Gasteiger charge is -2.22. The minimum Gasteiger partial charge on any atom is -0.381 e. The Morgan fingerprint density at radius 3 is 2.57 bits per heavy atom. The summed E-state index contributed by atoms with van der Waals surface area (Å²) in [5, 5.41) is 3.91. The Kier molecular flexibility index (Phi) is 8.56. The number of thiophene rings is 1. The number of benzene rings is 1. The third-order valence-electron chi connectivity index (χ3n) is 6.57. The highest BCUT2D eigenvalue weighted by atomic mass is 32.2. The summed E-state index contributed by atoms with van der Waals surface area (Å²) in [6, 6.07) is 12.5. The Bertz CT molecular complexity index is 1440. The molecule has 12 heteroatoms. The Labute approximate surface area is 223 Å². The smallest absolute Gasteiger partial charge is 0.252 e. The number of anilines is 1. The SMILES string of the molecule is CCN(CC)S(=O)(=O)c1ccc(CCNc2nc3ccccc3cc2S(=O)(=O)NCC2(C)CCOC2)s1. The zero-order chi connectivity index (χ0) is 26.7. The Hall–Kier alpha value is -2.09. The molecular weight excluding hydrogens is 532 g/mol. The molecule has 0 bridgehead atoms. The number of hydrogen-bond donors (Lipinski definition) is 2. The molecule has 202 valence electrons. The van der Waals surface area contributed by atoms with Gasteiger partial charge in [-0.2, -0.15) is 4.31 Å². The van der Waals surface area contributed by atoms with E-state index in [1.165, 1.54) is 15.6 Å². The van der Waals surface area contributed by atoms with Gasteiger partial charge < -0.3 is 10.1 Å². The summed E-state index contributed by atoms with van der Waals surface area (Å²) in [6.45, 7) is 8.29. The van der Waals surface area contributed by atoms with Gasteiger partial charge in [0.1, 0.15) is 14.9 Å². The third kappa shape index (κ3) is 6.32. The van der Waals surface area contributed by atoms with Gasteiger partial charge in [-0.05, 0) is 37.1 Å². The summed E-state index contributed by atoms with van der Waals surface area (Å²) in [4.78, 5) is 5.58. The van der Waals surface area contributed by atoms with E-state index in [0.29, 0.717) is 49.0 Å². The van der Waals surface area contributed by atoms with Gasteiger partial charge in [0.25, 0.3) is 10.0 Å². The van der Waals surface area contributed by atoms with Crippen LogP contribution in [0.25, 0.3) is 10.9 Å². The van der Waals surface area contributed by atoms with Crippen LogP contribution in [-0.4, -0.2) is 65.5 Å². The van der Waals surface area contributed by atoms with Crippen molar-refractivity contribution in [1.29, 1.82) is 0 Å². The average Bonchev–Trinajstić information content (AvgIpc) is 3.53. The lowest BCUT2D eigenvalue weighted by Crippen LogP contribution is -2.36. The molecule has 3 aromatic rings. The van der Waals surface area contributed by atoms with Gasteiger partial charge in [0, 0.05) is 48.5 Å². The summed E-state index contributed by atoms with van der Waals surface area (Å²) in [7, 11) is -7.35. The summed E-state index contributed by atoms with van der Waals surface area (Å²) < 4.78 is 62.3. The summed E-state index contributed by atoms with van der Waals surface area (Å²) in [6.07, 6.45) is 1.32. The summed E-state index contributed by atoms with van der Waals surface area (Å²) in [5.74, 6) is 0.270.